The zero-order chi connectivity index (χ0) is 11.5. The molecule has 0 saturated carbocycles. The van der Waals surface area contributed by atoms with Gasteiger partial charge in [-0.25, -0.2) is 0 Å². The maximum Gasteiger partial charge on any atom is 0.0802 e. The molecule has 0 aliphatic rings. The predicted molar refractivity (Wildman–Crippen MR) is 65.1 cm³/mol. The lowest BCUT2D eigenvalue weighted by Crippen LogP contribution is -2.06. The number of aryl methyl sites for hydroxylation is 1. The molecule has 0 unspecified atom stereocenters. The van der Waals surface area contributed by atoms with Gasteiger partial charge < -0.3 is 10.8 Å². The van der Waals surface area contributed by atoms with E-state index >= 15 is 0 Å². The van der Waals surface area contributed by atoms with Crippen molar-refractivity contribution in [3.63, 3.8) is 0 Å². The van der Waals surface area contributed by atoms with Crippen molar-refractivity contribution in [2.24, 2.45) is 5.73 Å². The van der Waals surface area contributed by atoms with Gasteiger partial charge in [-0.2, -0.15) is 0 Å². The van der Waals surface area contributed by atoms with Crippen molar-refractivity contribution in [3.8, 4) is 0 Å². The van der Waals surface area contributed by atoms with E-state index in [4.69, 9.17) is 5.73 Å². The van der Waals surface area contributed by atoms with Crippen LogP contribution in [0.2, 0.25) is 0 Å². The van der Waals surface area contributed by atoms with Gasteiger partial charge in [0, 0.05) is 11.1 Å². The van der Waals surface area contributed by atoms with Gasteiger partial charge in [-0.1, -0.05) is 12.1 Å². The zero-order valence-corrected chi connectivity index (χ0v) is 9.35. The summed E-state index contributed by atoms with van der Waals surface area (Å²) in [6.45, 7) is 2.46. The highest BCUT2D eigenvalue weighted by Gasteiger charge is 2.07. The van der Waals surface area contributed by atoms with Gasteiger partial charge in [-0.15, -0.1) is 0 Å². The van der Waals surface area contributed by atoms with E-state index in [9.17, 15) is 5.11 Å². The topological polar surface area (TPSA) is 59.1 Å². The number of fused-ring (bicyclic) bond motifs is 1. The highest BCUT2D eigenvalue weighted by Crippen LogP contribution is 2.21. The fraction of sp³-hybridized carbons (Fsp3) is 0.308. The van der Waals surface area contributed by atoms with E-state index in [-0.39, 0.29) is 0 Å². The summed E-state index contributed by atoms with van der Waals surface area (Å²) >= 11 is 0. The molecule has 1 atom stereocenters. The SMILES string of the molecule is Cc1ccc2cc([C@H](O)CCN)ccc2n1. The van der Waals surface area contributed by atoms with E-state index in [2.05, 4.69) is 4.98 Å². The molecule has 2 aromatic rings. The minimum absolute atomic E-state index is 0.476. The average molecular weight is 216 g/mol. The summed E-state index contributed by atoms with van der Waals surface area (Å²) in [5, 5.41) is 10.9. The summed E-state index contributed by atoms with van der Waals surface area (Å²) in [5.41, 5.74) is 8.30. The monoisotopic (exact) mass is 216 g/mol. The molecule has 16 heavy (non-hydrogen) atoms. The summed E-state index contributed by atoms with van der Waals surface area (Å²) in [6.07, 6.45) is 0.112. The third-order valence-electron chi connectivity index (χ3n) is 2.68. The number of aliphatic hydroxyl groups excluding tert-OH is 1. The first-order valence-electron chi connectivity index (χ1n) is 5.46. The minimum Gasteiger partial charge on any atom is -0.388 e. The number of nitrogens with zero attached hydrogens (tertiary/aromatic N) is 1. The Hall–Kier alpha value is -1.45. The molecule has 0 radical (unpaired) electrons. The molecule has 0 aliphatic heterocycles. The van der Waals surface area contributed by atoms with E-state index in [1.165, 1.54) is 0 Å². The van der Waals surface area contributed by atoms with Crippen LogP contribution in [0.4, 0.5) is 0 Å². The Morgan fingerprint density at radius 2 is 2.12 bits per heavy atom. The molecule has 2 rings (SSSR count). The van der Waals surface area contributed by atoms with Gasteiger partial charge >= 0.3 is 0 Å². The van der Waals surface area contributed by atoms with Crippen LogP contribution in [0.3, 0.4) is 0 Å². The first kappa shape index (κ1) is 11.0. The van der Waals surface area contributed by atoms with Crippen molar-refractivity contribution in [3.05, 3.63) is 41.6 Å². The van der Waals surface area contributed by atoms with Crippen molar-refractivity contribution in [2.75, 3.05) is 6.54 Å². The second-order valence-corrected chi connectivity index (χ2v) is 4.00. The number of hydrogen-bond acceptors (Lipinski definition) is 3. The summed E-state index contributed by atoms with van der Waals surface area (Å²) < 4.78 is 0. The summed E-state index contributed by atoms with van der Waals surface area (Å²) in [7, 11) is 0. The number of hydrogen-bond donors (Lipinski definition) is 2. The molecule has 1 aromatic carbocycles. The standard InChI is InChI=1S/C13H16N2O/c1-9-2-3-10-8-11(13(16)6-7-14)4-5-12(10)15-9/h2-5,8,13,16H,6-7,14H2,1H3/t13-/m1/s1. The summed E-state index contributed by atoms with van der Waals surface area (Å²) in [6, 6.07) is 9.83. The largest absolute Gasteiger partial charge is 0.388 e. The third-order valence-corrected chi connectivity index (χ3v) is 2.68. The number of benzene rings is 1. The highest BCUT2D eigenvalue weighted by atomic mass is 16.3. The van der Waals surface area contributed by atoms with Gasteiger partial charge in [0.2, 0.25) is 0 Å². The minimum atomic E-state index is -0.476. The molecule has 1 aromatic heterocycles. The Kier molecular flexibility index (Phi) is 3.17. The molecular weight excluding hydrogens is 200 g/mol. The second-order valence-electron chi connectivity index (χ2n) is 4.00. The maximum absolute atomic E-state index is 9.83. The van der Waals surface area contributed by atoms with Crippen LogP contribution in [0.1, 0.15) is 23.8 Å². The van der Waals surface area contributed by atoms with Crippen molar-refractivity contribution in [1.82, 2.24) is 4.98 Å². The van der Waals surface area contributed by atoms with Crippen LogP contribution in [0.15, 0.2) is 30.3 Å². The molecule has 0 saturated heterocycles. The molecule has 3 N–H and O–H groups in total. The molecule has 0 aliphatic carbocycles. The molecule has 84 valence electrons. The first-order chi connectivity index (χ1) is 7.70. The van der Waals surface area contributed by atoms with Gasteiger partial charge in [0.1, 0.15) is 0 Å². The van der Waals surface area contributed by atoms with Gasteiger partial charge in [0.15, 0.2) is 0 Å². The van der Waals surface area contributed by atoms with E-state index in [0.29, 0.717) is 13.0 Å². The maximum atomic E-state index is 9.83. The van der Waals surface area contributed by atoms with Crippen LogP contribution >= 0.6 is 0 Å². The molecule has 1 heterocycles. The third kappa shape index (κ3) is 2.21. The molecule has 0 amide bonds. The van der Waals surface area contributed by atoms with Crippen LogP contribution in [0.25, 0.3) is 10.9 Å². The number of nitrogens with two attached hydrogens (primary N) is 1. The number of pyridine rings is 1. The Morgan fingerprint density at radius 3 is 2.88 bits per heavy atom. The normalized spacial score (nSPS) is 12.9. The van der Waals surface area contributed by atoms with Crippen LogP contribution < -0.4 is 5.73 Å². The van der Waals surface area contributed by atoms with Crippen LogP contribution in [0.5, 0.6) is 0 Å². The fourth-order valence-corrected chi connectivity index (χ4v) is 1.78. The number of rotatable bonds is 3. The van der Waals surface area contributed by atoms with Crippen molar-refractivity contribution >= 4 is 10.9 Å². The van der Waals surface area contributed by atoms with Crippen molar-refractivity contribution in [2.45, 2.75) is 19.4 Å². The fourth-order valence-electron chi connectivity index (χ4n) is 1.78. The second kappa shape index (κ2) is 4.60. The smallest absolute Gasteiger partial charge is 0.0802 e. The molecule has 0 bridgehead atoms. The zero-order valence-electron chi connectivity index (χ0n) is 9.35. The highest BCUT2D eigenvalue weighted by molar-refractivity contribution is 5.79. The van der Waals surface area contributed by atoms with Crippen LogP contribution in [0, 0.1) is 6.92 Å². The molecule has 3 heteroatoms. The van der Waals surface area contributed by atoms with Crippen molar-refractivity contribution in [1.29, 1.82) is 0 Å². The van der Waals surface area contributed by atoms with Gasteiger partial charge in [-0.05, 0) is 43.7 Å². The Morgan fingerprint density at radius 1 is 1.31 bits per heavy atom. The summed E-state index contributed by atoms with van der Waals surface area (Å²) in [4.78, 5) is 4.42. The summed E-state index contributed by atoms with van der Waals surface area (Å²) in [5.74, 6) is 0. The Bertz CT molecular complexity index is 496. The lowest BCUT2D eigenvalue weighted by molar-refractivity contribution is 0.170. The Balaban J connectivity index is 2.40. The number of aromatic nitrogens is 1. The van der Waals surface area contributed by atoms with Gasteiger partial charge in [0.25, 0.3) is 0 Å². The molecular formula is C13H16N2O. The average Bonchev–Trinajstić information content (AvgIpc) is 2.28. The van der Waals surface area contributed by atoms with Gasteiger partial charge in [0.05, 0.1) is 11.6 Å². The van der Waals surface area contributed by atoms with E-state index in [1.807, 2.05) is 37.3 Å². The molecule has 3 nitrogen and oxygen atoms in total. The van der Waals surface area contributed by atoms with Crippen molar-refractivity contribution < 1.29 is 5.11 Å². The van der Waals surface area contributed by atoms with Crippen LogP contribution in [-0.4, -0.2) is 16.6 Å². The predicted octanol–water partition coefficient (Wildman–Crippen LogP) is 1.93. The molecule has 0 spiro atoms. The molecule has 0 fully saturated rings. The quantitative estimate of drug-likeness (QED) is 0.824. The Labute approximate surface area is 94.9 Å². The van der Waals surface area contributed by atoms with E-state index in [0.717, 1.165) is 22.2 Å². The lowest BCUT2D eigenvalue weighted by atomic mass is 10.0. The van der Waals surface area contributed by atoms with Crippen LogP contribution in [-0.2, 0) is 0 Å². The van der Waals surface area contributed by atoms with Gasteiger partial charge in [-0.3, -0.25) is 4.98 Å². The number of aliphatic hydroxyl groups is 1. The first-order valence-corrected chi connectivity index (χ1v) is 5.46. The van der Waals surface area contributed by atoms with E-state index < -0.39 is 6.10 Å². The lowest BCUT2D eigenvalue weighted by Gasteiger charge is -2.10. The van der Waals surface area contributed by atoms with E-state index in [1.54, 1.807) is 0 Å².